The fourth-order valence-corrected chi connectivity index (χ4v) is 2.55. The zero-order valence-corrected chi connectivity index (χ0v) is 11.3. The van der Waals surface area contributed by atoms with Gasteiger partial charge in [-0.1, -0.05) is 29.3 Å². The van der Waals surface area contributed by atoms with Gasteiger partial charge in [0, 0.05) is 27.3 Å². The number of hydrogen-bond donors (Lipinski definition) is 0. The molecule has 1 aromatic rings. The second kappa shape index (κ2) is 4.90. The molecule has 0 bridgehead atoms. The summed E-state index contributed by atoms with van der Waals surface area (Å²) in [7, 11) is 0. The van der Waals surface area contributed by atoms with Gasteiger partial charge in [0.2, 0.25) is 0 Å². The van der Waals surface area contributed by atoms with Crippen LogP contribution in [0.15, 0.2) is 29.5 Å². The lowest BCUT2D eigenvalue weighted by Gasteiger charge is -2.04. The van der Waals surface area contributed by atoms with Crippen LogP contribution < -0.4 is 0 Å². The van der Waals surface area contributed by atoms with Crippen molar-refractivity contribution in [3.05, 3.63) is 62.1 Å². The molecule has 2 rings (SSSR count). The number of carbonyl (C=O) groups excluding carboxylic acids is 1. The first-order chi connectivity index (χ1) is 9.06. The average molecular weight is 289 g/mol. The van der Waals surface area contributed by atoms with Crippen LogP contribution in [0.2, 0.25) is 10.0 Å². The number of fused-ring (bicyclic) bond motifs is 1. The van der Waals surface area contributed by atoms with Gasteiger partial charge in [-0.2, -0.15) is 0 Å². The van der Waals surface area contributed by atoms with Crippen molar-refractivity contribution in [3.8, 4) is 6.07 Å². The Balaban J connectivity index is 3.00. The lowest BCUT2D eigenvalue weighted by molar-refractivity contribution is 0.104. The molecule has 0 saturated carbocycles. The van der Waals surface area contributed by atoms with Crippen molar-refractivity contribution in [2.24, 2.45) is 0 Å². The summed E-state index contributed by atoms with van der Waals surface area (Å²) in [6.45, 7) is 8.72. The monoisotopic (exact) mass is 288 g/mol. The molecule has 0 amide bonds. The molecule has 3 nitrogen and oxygen atoms in total. The SMILES string of the molecule is [C-]#[N+]/C(C#N)=C1\C(=C\C)C(=O)c2c(Cl)ccc(Cl)c21. The molecule has 0 aromatic heterocycles. The summed E-state index contributed by atoms with van der Waals surface area (Å²) in [5.41, 5.74) is 1.03. The second-order valence-electron chi connectivity index (χ2n) is 3.76. The van der Waals surface area contributed by atoms with E-state index in [4.69, 9.17) is 35.0 Å². The van der Waals surface area contributed by atoms with Gasteiger partial charge < -0.3 is 0 Å². The van der Waals surface area contributed by atoms with E-state index in [0.717, 1.165) is 0 Å². The maximum Gasteiger partial charge on any atom is 0.270 e. The highest BCUT2D eigenvalue weighted by Crippen LogP contribution is 2.45. The van der Waals surface area contributed by atoms with Crippen LogP contribution in [-0.2, 0) is 0 Å². The number of allylic oxidation sites excluding steroid dienone is 4. The Labute approximate surface area is 120 Å². The van der Waals surface area contributed by atoms with Crippen LogP contribution in [-0.4, -0.2) is 5.78 Å². The van der Waals surface area contributed by atoms with Gasteiger partial charge in [-0.05, 0) is 19.1 Å². The third-order valence-corrected chi connectivity index (χ3v) is 3.47. The molecule has 19 heavy (non-hydrogen) atoms. The molecule has 0 spiro atoms. The average Bonchev–Trinajstić information content (AvgIpc) is 2.70. The summed E-state index contributed by atoms with van der Waals surface area (Å²) in [6, 6.07) is 4.87. The van der Waals surface area contributed by atoms with Crippen molar-refractivity contribution in [1.29, 1.82) is 5.26 Å². The Hall–Kier alpha value is -2.07. The second-order valence-corrected chi connectivity index (χ2v) is 4.57. The predicted molar refractivity (Wildman–Crippen MR) is 73.7 cm³/mol. The molecule has 1 aromatic carbocycles. The molecule has 0 aliphatic heterocycles. The highest BCUT2D eigenvalue weighted by atomic mass is 35.5. The van der Waals surface area contributed by atoms with E-state index in [9.17, 15) is 4.79 Å². The summed E-state index contributed by atoms with van der Waals surface area (Å²) in [5, 5.41) is 9.60. The summed E-state index contributed by atoms with van der Waals surface area (Å²) in [5.74, 6) is -0.309. The largest absolute Gasteiger partial charge is 0.289 e. The van der Waals surface area contributed by atoms with Gasteiger partial charge >= 0.3 is 0 Å². The molecule has 0 atom stereocenters. The number of rotatable bonds is 0. The van der Waals surface area contributed by atoms with E-state index in [1.807, 2.05) is 0 Å². The Morgan fingerprint density at radius 3 is 2.42 bits per heavy atom. The molecule has 0 N–H and O–H groups in total. The minimum absolute atomic E-state index is 0.163. The predicted octanol–water partition coefficient (Wildman–Crippen LogP) is 4.29. The molecule has 0 heterocycles. The topological polar surface area (TPSA) is 45.2 Å². The number of ketones is 1. The van der Waals surface area contributed by atoms with Gasteiger partial charge in [-0.3, -0.25) is 4.79 Å². The van der Waals surface area contributed by atoms with Crippen LogP contribution >= 0.6 is 23.2 Å². The third kappa shape index (κ3) is 1.85. The van der Waals surface area contributed by atoms with E-state index in [1.165, 1.54) is 6.07 Å². The van der Waals surface area contributed by atoms with Crippen LogP contribution in [0.5, 0.6) is 0 Å². The number of nitrogens with zero attached hydrogens (tertiary/aromatic N) is 2. The van der Waals surface area contributed by atoms with Crippen molar-refractivity contribution in [1.82, 2.24) is 0 Å². The molecule has 1 aliphatic carbocycles. The van der Waals surface area contributed by atoms with Crippen LogP contribution in [0.3, 0.4) is 0 Å². The molecule has 0 fully saturated rings. The van der Waals surface area contributed by atoms with Crippen LogP contribution in [0.4, 0.5) is 0 Å². The number of halogens is 2. The standard InChI is InChI=1S/C14H6Cl2N2O/c1-3-7-11(10(6-17)18-2)12-8(15)4-5-9(16)13(12)14(7)19/h3-5H,1H3/b7-3-,11-10+. The lowest BCUT2D eigenvalue weighted by Crippen LogP contribution is -1.96. The molecule has 0 radical (unpaired) electrons. The molecule has 0 saturated heterocycles. The number of nitriles is 1. The van der Waals surface area contributed by atoms with E-state index < -0.39 is 0 Å². The minimum Gasteiger partial charge on any atom is -0.289 e. The number of Topliss-reactive ketones (excluding diaryl/α,β-unsaturated/α-hetero) is 1. The van der Waals surface area contributed by atoms with Crippen molar-refractivity contribution < 1.29 is 4.79 Å². The van der Waals surface area contributed by atoms with E-state index in [1.54, 1.807) is 25.1 Å². The molecule has 92 valence electrons. The van der Waals surface area contributed by atoms with Crippen molar-refractivity contribution >= 4 is 34.6 Å². The Bertz CT molecular complexity index is 730. The van der Waals surface area contributed by atoms with E-state index >= 15 is 0 Å². The first-order valence-corrected chi connectivity index (χ1v) is 6.04. The molecular formula is C14H6Cl2N2O. The summed E-state index contributed by atoms with van der Waals surface area (Å²) in [4.78, 5) is 15.5. The van der Waals surface area contributed by atoms with Gasteiger partial charge in [0.25, 0.3) is 5.70 Å². The number of benzene rings is 1. The smallest absolute Gasteiger partial charge is 0.270 e. The van der Waals surface area contributed by atoms with Crippen LogP contribution in [0.1, 0.15) is 22.8 Å². The molecular weight excluding hydrogens is 283 g/mol. The Morgan fingerprint density at radius 1 is 1.37 bits per heavy atom. The maximum atomic E-state index is 12.3. The fourth-order valence-electron chi connectivity index (χ4n) is 2.06. The maximum absolute atomic E-state index is 12.3. The Morgan fingerprint density at radius 2 is 1.95 bits per heavy atom. The molecule has 1 aliphatic rings. The quantitative estimate of drug-likeness (QED) is 0.406. The molecule has 5 heteroatoms. The van der Waals surface area contributed by atoms with Crippen molar-refractivity contribution in [2.45, 2.75) is 6.92 Å². The van der Waals surface area contributed by atoms with Gasteiger partial charge in [0.1, 0.15) is 0 Å². The van der Waals surface area contributed by atoms with Crippen LogP contribution in [0, 0.1) is 17.9 Å². The highest BCUT2D eigenvalue weighted by Gasteiger charge is 2.35. The summed E-state index contributed by atoms with van der Waals surface area (Å²) in [6.07, 6.45) is 1.56. The summed E-state index contributed by atoms with van der Waals surface area (Å²) < 4.78 is 0. The van der Waals surface area contributed by atoms with Crippen molar-refractivity contribution in [3.63, 3.8) is 0 Å². The fraction of sp³-hybridized carbons (Fsp3) is 0.0714. The van der Waals surface area contributed by atoms with Crippen LogP contribution in [0.25, 0.3) is 10.4 Å². The Kier molecular flexibility index (Phi) is 3.44. The summed E-state index contributed by atoms with van der Waals surface area (Å²) >= 11 is 12.1. The minimum atomic E-state index is -0.309. The highest BCUT2D eigenvalue weighted by molar-refractivity contribution is 6.42. The van der Waals surface area contributed by atoms with E-state index in [0.29, 0.717) is 10.6 Å². The normalized spacial score (nSPS) is 17.9. The van der Waals surface area contributed by atoms with Gasteiger partial charge in [-0.15, -0.1) is 0 Å². The zero-order valence-electron chi connectivity index (χ0n) is 9.79. The van der Waals surface area contributed by atoms with E-state index in [2.05, 4.69) is 4.85 Å². The zero-order chi connectivity index (χ0) is 14.2. The van der Waals surface area contributed by atoms with E-state index in [-0.39, 0.29) is 33.2 Å². The lowest BCUT2D eigenvalue weighted by atomic mass is 10.0. The van der Waals surface area contributed by atoms with Crippen molar-refractivity contribution in [2.75, 3.05) is 0 Å². The van der Waals surface area contributed by atoms with Gasteiger partial charge in [0.15, 0.2) is 5.78 Å². The molecule has 0 unspecified atom stereocenters. The number of hydrogen-bond acceptors (Lipinski definition) is 2. The number of carbonyl (C=O) groups is 1. The first-order valence-electron chi connectivity index (χ1n) is 5.28. The van der Waals surface area contributed by atoms with Gasteiger partial charge in [-0.25, -0.2) is 10.1 Å². The third-order valence-electron chi connectivity index (χ3n) is 2.84. The van der Waals surface area contributed by atoms with Gasteiger partial charge in [0.05, 0.1) is 17.7 Å². The first kappa shape index (κ1) is 13.4.